The Labute approximate surface area is 166 Å². The summed E-state index contributed by atoms with van der Waals surface area (Å²) in [4.78, 5) is 28.3. The molecule has 1 aromatic carbocycles. The standard InChI is InChI=1S/C19H19ClFN5O2/c20-16-5-6-17(24-23-16)25-9-7-13(8-10-25)22-15-11-18(27)26(19(15)28)14-3-1-12(21)2-4-14/h1-6,13,15,22H,7-11H2/t15-/m1/s1. The molecule has 2 aliphatic rings. The summed E-state index contributed by atoms with van der Waals surface area (Å²) >= 11 is 5.77. The van der Waals surface area contributed by atoms with Crippen molar-refractivity contribution in [1.29, 1.82) is 0 Å². The number of aromatic nitrogens is 2. The molecule has 0 aliphatic carbocycles. The fraction of sp³-hybridized carbons (Fsp3) is 0.368. The number of imide groups is 1. The molecule has 2 saturated heterocycles. The Kier molecular flexibility index (Phi) is 5.23. The lowest BCUT2D eigenvalue weighted by Crippen LogP contribution is -2.49. The van der Waals surface area contributed by atoms with Crippen molar-refractivity contribution in [2.45, 2.75) is 31.3 Å². The Balaban J connectivity index is 1.35. The van der Waals surface area contributed by atoms with Crippen LogP contribution in [0.5, 0.6) is 0 Å². The summed E-state index contributed by atoms with van der Waals surface area (Å²) in [5, 5.41) is 11.6. The number of nitrogens with one attached hydrogen (secondary N) is 1. The van der Waals surface area contributed by atoms with Crippen LogP contribution in [-0.4, -0.2) is 47.2 Å². The zero-order valence-corrected chi connectivity index (χ0v) is 15.8. The average molecular weight is 404 g/mol. The van der Waals surface area contributed by atoms with Gasteiger partial charge in [-0.25, -0.2) is 9.29 Å². The number of hydrogen-bond donors (Lipinski definition) is 1. The topological polar surface area (TPSA) is 78.4 Å². The maximum atomic E-state index is 13.1. The van der Waals surface area contributed by atoms with Crippen LogP contribution in [0.25, 0.3) is 0 Å². The van der Waals surface area contributed by atoms with Gasteiger partial charge >= 0.3 is 0 Å². The number of carbonyl (C=O) groups excluding carboxylic acids is 2. The summed E-state index contributed by atoms with van der Waals surface area (Å²) in [6, 6.07) is 8.50. The molecule has 4 rings (SSSR count). The molecule has 7 nitrogen and oxygen atoms in total. The number of nitrogens with zero attached hydrogens (tertiary/aromatic N) is 4. The highest BCUT2D eigenvalue weighted by Gasteiger charge is 2.40. The van der Waals surface area contributed by atoms with Gasteiger partial charge in [-0.2, -0.15) is 0 Å². The summed E-state index contributed by atoms with van der Waals surface area (Å²) in [6.45, 7) is 1.54. The molecule has 1 atom stereocenters. The first-order valence-electron chi connectivity index (χ1n) is 9.14. The van der Waals surface area contributed by atoms with Gasteiger partial charge in [-0.1, -0.05) is 11.6 Å². The molecule has 1 aromatic heterocycles. The second kappa shape index (κ2) is 7.81. The highest BCUT2D eigenvalue weighted by molar-refractivity contribution is 6.29. The lowest BCUT2D eigenvalue weighted by atomic mass is 10.0. The maximum absolute atomic E-state index is 13.1. The number of anilines is 2. The Morgan fingerprint density at radius 3 is 2.39 bits per heavy atom. The fourth-order valence-corrected chi connectivity index (χ4v) is 3.76. The highest BCUT2D eigenvalue weighted by atomic mass is 35.5. The van der Waals surface area contributed by atoms with Crippen molar-refractivity contribution in [3.8, 4) is 0 Å². The van der Waals surface area contributed by atoms with Crippen LogP contribution in [0, 0.1) is 5.82 Å². The predicted molar refractivity (Wildman–Crippen MR) is 103 cm³/mol. The van der Waals surface area contributed by atoms with Crippen molar-refractivity contribution in [1.82, 2.24) is 15.5 Å². The van der Waals surface area contributed by atoms with Crippen molar-refractivity contribution >= 4 is 34.9 Å². The number of carbonyl (C=O) groups is 2. The van der Waals surface area contributed by atoms with Crippen LogP contribution in [0.2, 0.25) is 5.15 Å². The first-order valence-corrected chi connectivity index (χ1v) is 9.51. The number of benzene rings is 1. The van der Waals surface area contributed by atoms with Gasteiger partial charge in [0.05, 0.1) is 18.2 Å². The molecule has 2 amide bonds. The van der Waals surface area contributed by atoms with E-state index in [4.69, 9.17) is 11.6 Å². The molecule has 0 radical (unpaired) electrons. The van der Waals surface area contributed by atoms with Gasteiger partial charge in [0.2, 0.25) is 5.91 Å². The van der Waals surface area contributed by atoms with Gasteiger partial charge in [0.25, 0.3) is 5.91 Å². The van der Waals surface area contributed by atoms with Gasteiger partial charge in [-0.15, -0.1) is 10.2 Å². The third kappa shape index (κ3) is 3.83. The SMILES string of the molecule is O=C1C[C@@H](NC2CCN(c3ccc(Cl)nn3)CC2)C(=O)N1c1ccc(F)cc1. The van der Waals surface area contributed by atoms with E-state index in [9.17, 15) is 14.0 Å². The highest BCUT2D eigenvalue weighted by Crippen LogP contribution is 2.25. The summed E-state index contributed by atoms with van der Waals surface area (Å²) < 4.78 is 13.1. The second-order valence-corrected chi connectivity index (χ2v) is 7.33. The molecule has 146 valence electrons. The molecular formula is C19H19ClFN5O2. The molecule has 3 heterocycles. The van der Waals surface area contributed by atoms with Crippen LogP contribution in [0.15, 0.2) is 36.4 Å². The molecule has 2 aromatic rings. The number of rotatable bonds is 4. The van der Waals surface area contributed by atoms with E-state index in [2.05, 4.69) is 20.4 Å². The largest absolute Gasteiger partial charge is 0.355 e. The molecule has 0 saturated carbocycles. The monoisotopic (exact) mass is 403 g/mol. The van der Waals surface area contributed by atoms with E-state index < -0.39 is 11.9 Å². The van der Waals surface area contributed by atoms with Gasteiger partial charge in [-0.3, -0.25) is 9.59 Å². The first-order chi connectivity index (χ1) is 13.5. The summed E-state index contributed by atoms with van der Waals surface area (Å²) in [7, 11) is 0. The Morgan fingerprint density at radius 2 is 1.75 bits per heavy atom. The minimum Gasteiger partial charge on any atom is -0.355 e. The number of hydrogen-bond acceptors (Lipinski definition) is 6. The Bertz CT molecular complexity index is 869. The zero-order chi connectivity index (χ0) is 19.7. The molecule has 2 fully saturated rings. The van der Waals surface area contributed by atoms with E-state index in [0.29, 0.717) is 10.8 Å². The van der Waals surface area contributed by atoms with E-state index in [-0.39, 0.29) is 24.3 Å². The van der Waals surface area contributed by atoms with Crippen LogP contribution in [0.1, 0.15) is 19.3 Å². The number of amides is 2. The number of halogens is 2. The smallest absolute Gasteiger partial charge is 0.251 e. The number of piperidine rings is 1. The third-order valence-electron chi connectivity index (χ3n) is 5.11. The average Bonchev–Trinajstić information content (AvgIpc) is 2.97. The molecule has 28 heavy (non-hydrogen) atoms. The molecule has 0 unspecified atom stereocenters. The summed E-state index contributed by atoms with van der Waals surface area (Å²) in [5.74, 6) is -0.197. The van der Waals surface area contributed by atoms with Crippen molar-refractivity contribution in [3.63, 3.8) is 0 Å². The van der Waals surface area contributed by atoms with E-state index in [1.54, 1.807) is 6.07 Å². The van der Waals surface area contributed by atoms with Crippen LogP contribution in [0.3, 0.4) is 0 Å². The maximum Gasteiger partial charge on any atom is 0.251 e. The van der Waals surface area contributed by atoms with Crippen molar-refractivity contribution in [3.05, 3.63) is 47.4 Å². The van der Waals surface area contributed by atoms with E-state index in [1.165, 1.54) is 24.3 Å². The Hall–Kier alpha value is -2.58. The molecule has 2 aliphatic heterocycles. The molecule has 9 heteroatoms. The molecule has 0 bridgehead atoms. The fourth-order valence-electron chi connectivity index (χ4n) is 3.66. The van der Waals surface area contributed by atoms with Gasteiger partial charge in [0.15, 0.2) is 11.0 Å². The van der Waals surface area contributed by atoms with Crippen LogP contribution < -0.4 is 15.1 Å². The third-order valence-corrected chi connectivity index (χ3v) is 5.31. The first kappa shape index (κ1) is 18.8. The minimum atomic E-state index is -0.551. The van der Waals surface area contributed by atoms with Gasteiger partial charge in [0.1, 0.15) is 5.82 Å². The summed E-state index contributed by atoms with van der Waals surface area (Å²) in [5.41, 5.74) is 0.400. The van der Waals surface area contributed by atoms with Gasteiger partial charge < -0.3 is 10.2 Å². The second-order valence-electron chi connectivity index (χ2n) is 6.94. The molecule has 0 spiro atoms. The van der Waals surface area contributed by atoms with Crippen molar-refractivity contribution in [2.24, 2.45) is 0 Å². The normalized spacial score (nSPS) is 20.9. The zero-order valence-electron chi connectivity index (χ0n) is 15.0. The quantitative estimate of drug-likeness (QED) is 0.788. The van der Waals surface area contributed by atoms with E-state index in [0.717, 1.165) is 36.6 Å². The predicted octanol–water partition coefficient (Wildman–Crippen LogP) is 2.16. The van der Waals surface area contributed by atoms with Crippen molar-refractivity contribution in [2.75, 3.05) is 22.9 Å². The van der Waals surface area contributed by atoms with Crippen LogP contribution in [-0.2, 0) is 9.59 Å². The minimum absolute atomic E-state index is 0.110. The van der Waals surface area contributed by atoms with Crippen LogP contribution in [0.4, 0.5) is 15.9 Å². The van der Waals surface area contributed by atoms with E-state index >= 15 is 0 Å². The van der Waals surface area contributed by atoms with Gasteiger partial charge in [-0.05, 0) is 49.2 Å². The lowest BCUT2D eigenvalue weighted by molar-refractivity contribution is -0.121. The van der Waals surface area contributed by atoms with E-state index in [1.807, 2.05) is 6.07 Å². The van der Waals surface area contributed by atoms with Gasteiger partial charge in [0, 0.05) is 19.1 Å². The van der Waals surface area contributed by atoms with Crippen LogP contribution >= 0.6 is 11.6 Å². The molecule has 1 N–H and O–H groups in total. The Morgan fingerprint density at radius 1 is 1.04 bits per heavy atom. The summed E-state index contributed by atoms with van der Waals surface area (Å²) in [6.07, 6.45) is 1.75. The lowest BCUT2D eigenvalue weighted by Gasteiger charge is -2.33. The van der Waals surface area contributed by atoms with Crippen molar-refractivity contribution < 1.29 is 14.0 Å². The molecular weight excluding hydrogens is 385 g/mol.